The highest BCUT2D eigenvalue weighted by atomic mass is 16.5. The fourth-order valence-electron chi connectivity index (χ4n) is 0.792. The Morgan fingerprint density at radius 2 is 2.44 bits per heavy atom. The van der Waals surface area contributed by atoms with Crippen molar-refractivity contribution in [2.45, 2.75) is 13.0 Å². The second-order valence-electron chi connectivity index (χ2n) is 2.27. The molecule has 52 valence electrons. The summed E-state index contributed by atoms with van der Waals surface area (Å²) in [6.45, 7) is 1.80. The summed E-state index contributed by atoms with van der Waals surface area (Å²) in [5, 5.41) is 17.9. The molecule has 1 aliphatic rings. The number of hydrogen-bond donors (Lipinski definition) is 2. The van der Waals surface area contributed by atoms with Gasteiger partial charge in [0.05, 0.1) is 18.6 Å². The number of rotatable bonds is 1. The van der Waals surface area contributed by atoms with Gasteiger partial charge in [-0.05, 0) is 6.92 Å². The van der Waals surface area contributed by atoms with E-state index < -0.39 is 6.10 Å². The van der Waals surface area contributed by atoms with Gasteiger partial charge in [0, 0.05) is 0 Å². The van der Waals surface area contributed by atoms with E-state index in [4.69, 9.17) is 10.3 Å². The molecule has 1 rings (SSSR count). The van der Waals surface area contributed by atoms with E-state index in [1.807, 2.05) is 0 Å². The zero-order valence-corrected chi connectivity index (χ0v) is 5.11. The minimum absolute atomic E-state index is 0.260. The first-order valence-electron chi connectivity index (χ1n) is 2.81. The number of aliphatic hydroxyl groups is 1. The third-order valence-corrected chi connectivity index (χ3v) is 1.52. The lowest BCUT2D eigenvalue weighted by atomic mass is 9.96. The Balaban J connectivity index is 2.42. The van der Waals surface area contributed by atoms with E-state index in [1.165, 1.54) is 6.92 Å². The molecular formula is C5H9NO3. The predicted molar refractivity (Wildman–Crippen MR) is 28.7 cm³/mol. The van der Waals surface area contributed by atoms with Crippen molar-refractivity contribution >= 4 is 5.91 Å². The van der Waals surface area contributed by atoms with E-state index in [-0.39, 0.29) is 18.4 Å². The molecule has 2 N–H and O–H groups in total. The van der Waals surface area contributed by atoms with Gasteiger partial charge in [-0.3, -0.25) is 10.0 Å². The maximum atomic E-state index is 10.5. The molecule has 0 aromatic rings. The second kappa shape index (κ2) is 1.97. The van der Waals surface area contributed by atoms with Crippen molar-refractivity contribution in [1.82, 2.24) is 5.06 Å². The molecule has 1 unspecified atom stereocenters. The second-order valence-corrected chi connectivity index (χ2v) is 2.27. The van der Waals surface area contributed by atoms with Gasteiger partial charge in [0.2, 0.25) is 0 Å². The van der Waals surface area contributed by atoms with Crippen LogP contribution < -0.4 is 0 Å². The van der Waals surface area contributed by atoms with E-state index in [0.29, 0.717) is 5.06 Å². The topological polar surface area (TPSA) is 60.8 Å². The van der Waals surface area contributed by atoms with Crippen LogP contribution in [0.15, 0.2) is 0 Å². The van der Waals surface area contributed by atoms with Crippen LogP contribution in [0.3, 0.4) is 0 Å². The maximum absolute atomic E-state index is 10.5. The number of carbonyl (C=O) groups is 1. The van der Waals surface area contributed by atoms with Gasteiger partial charge in [-0.25, -0.2) is 5.06 Å². The molecule has 1 saturated heterocycles. The van der Waals surface area contributed by atoms with Crippen molar-refractivity contribution in [2.24, 2.45) is 5.92 Å². The maximum Gasteiger partial charge on any atom is 0.253 e. The minimum Gasteiger partial charge on any atom is -0.393 e. The average molecular weight is 131 g/mol. The Kier molecular flexibility index (Phi) is 1.42. The summed E-state index contributed by atoms with van der Waals surface area (Å²) in [5.74, 6) is -0.764. The lowest BCUT2D eigenvalue weighted by molar-refractivity contribution is -0.204. The highest BCUT2D eigenvalue weighted by molar-refractivity contribution is 5.83. The van der Waals surface area contributed by atoms with Crippen molar-refractivity contribution in [3.8, 4) is 0 Å². The summed E-state index contributed by atoms with van der Waals surface area (Å²) in [6, 6.07) is 0. The van der Waals surface area contributed by atoms with Crippen LogP contribution in [0.1, 0.15) is 6.92 Å². The van der Waals surface area contributed by atoms with Crippen LogP contribution in [-0.4, -0.2) is 33.9 Å². The van der Waals surface area contributed by atoms with Gasteiger partial charge < -0.3 is 5.11 Å². The third kappa shape index (κ3) is 0.906. The molecule has 1 amide bonds. The molecule has 1 fully saturated rings. The van der Waals surface area contributed by atoms with Crippen LogP contribution >= 0.6 is 0 Å². The number of hydroxylamine groups is 2. The smallest absolute Gasteiger partial charge is 0.253 e. The van der Waals surface area contributed by atoms with Crippen molar-refractivity contribution < 1.29 is 15.1 Å². The molecule has 4 nitrogen and oxygen atoms in total. The first-order chi connectivity index (χ1) is 4.13. The monoisotopic (exact) mass is 131 g/mol. The Hall–Kier alpha value is -0.610. The largest absolute Gasteiger partial charge is 0.393 e. The standard InChI is InChI=1S/C5H9NO3/c1-3(7)4-2-6(9)5(4)8/h3-4,7,9H,2H2,1H3/t3-,4?/m1/s1. The van der Waals surface area contributed by atoms with E-state index in [2.05, 4.69) is 0 Å². The number of hydrogen-bond acceptors (Lipinski definition) is 3. The van der Waals surface area contributed by atoms with Crippen molar-refractivity contribution in [2.75, 3.05) is 6.54 Å². The highest BCUT2D eigenvalue weighted by Gasteiger charge is 2.38. The normalized spacial score (nSPS) is 29.9. The summed E-state index contributed by atoms with van der Waals surface area (Å²) in [5.41, 5.74) is 0. The molecule has 0 radical (unpaired) electrons. The number of amides is 1. The third-order valence-electron chi connectivity index (χ3n) is 1.52. The Morgan fingerprint density at radius 3 is 2.56 bits per heavy atom. The molecule has 0 aromatic carbocycles. The molecule has 1 heterocycles. The van der Waals surface area contributed by atoms with Gasteiger partial charge in [0.15, 0.2) is 0 Å². The lowest BCUT2D eigenvalue weighted by Crippen LogP contribution is -2.54. The molecule has 0 bridgehead atoms. The Morgan fingerprint density at radius 1 is 1.89 bits per heavy atom. The average Bonchev–Trinajstić information content (AvgIpc) is 1.81. The van der Waals surface area contributed by atoms with Crippen LogP contribution in [0.4, 0.5) is 0 Å². The summed E-state index contributed by atoms with van der Waals surface area (Å²) >= 11 is 0. The summed E-state index contributed by atoms with van der Waals surface area (Å²) in [6.07, 6.45) is -0.638. The van der Waals surface area contributed by atoms with Gasteiger partial charge >= 0.3 is 0 Å². The summed E-state index contributed by atoms with van der Waals surface area (Å²) in [7, 11) is 0. The molecular weight excluding hydrogens is 122 g/mol. The molecule has 9 heavy (non-hydrogen) atoms. The van der Waals surface area contributed by atoms with Crippen molar-refractivity contribution in [3.63, 3.8) is 0 Å². The quantitative estimate of drug-likeness (QED) is 0.362. The number of aliphatic hydroxyl groups excluding tert-OH is 1. The van der Waals surface area contributed by atoms with Crippen molar-refractivity contribution in [1.29, 1.82) is 0 Å². The molecule has 0 aromatic heterocycles. The van der Waals surface area contributed by atoms with Gasteiger partial charge in [0.1, 0.15) is 0 Å². The number of carbonyl (C=O) groups excluding carboxylic acids is 1. The van der Waals surface area contributed by atoms with Crippen molar-refractivity contribution in [3.05, 3.63) is 0 Å². The summed E-state index contributed by atoms with van der Waals surface area (Å²) in [4.78, 5) is 10.5. The van der Waals surface area contributed by atoms with Gasteiger partial charge in [-0.2, -0.15) is 0 Å². The van der Waals surface area contributed by atoms with E-state index in [9.17, 15) is 4.79 Å². The van der Waals surface area contributed by atoms with E-state index in [0.717, 1.165) is 0 Å². The predicted octanol–water partition coefficient (Wildman–Crippen LogP) is -0.785. The Bertz CT molecular complexity index is 134. The fraction of sp³-hybridized carbons (Fsp3) is 0.800. The molecule has 0 saturated carbocycles. The summed E-state index contributed by atoms with van der Waals surface area (Å²) < 4.78 is 0. The highest BCUT2D eigenvalue weighted by Crippen LogP contribution is 2.17. The molecule has 0 spiro atoms. The van der Waals surface area contributed by atoms with Crippen LogP contribution in [0.5, 0.6) is 0 Å². The number of β-lactam (4-membered cyclic amide) rings is 1. The molecule has 2 atom stereocenters. The lowest BCUT2D eigenvalue weighted by Gasteiger charge is -2.34. The first kappa shape index (κ1) is 6.51. The SMILES string of the molecule is C[C@@H](O)C1CN(O)C1=O. The van der Waals surface area contributed by atoms with Gasteiger partial charge in [0.25, 0.3) is 5.91 Å². The zero-order valence-electron chi connectivity index (χ0n) is 5.11. The van der Waals surface area contributed by atoms with Crippen LogP contribution in [0.25, 0.3) is 0 Å². The Labute approximate surface area is 52.7 Å². The molecule has 0 aliphatic carbocycles. The minimum atomic E-state index is -0.638. The van der Waals surface area contributed by atoms with Crippen LogP contribution in [0, 0.1) is 5.92 Å². The molecule has 1 aliphatic heterocycles. The number of nitrogens with zero attached hydrogens (tertiary/aromatic N) is 1. The van der Waals surface area contributed by atoms with E-state index in [1.54, 1.807) is 0 Å². The van der Waals surface area contributed by atoms with Crippen LogP contribution in [0.2, 0.25) is 0 Å². The molecule has 4 heteroatoms. The first-order valence-corrected chi connectivity index (χ1v) is 2.81. The van der Waals surface area contributed by atoms with Crippen LogP contribution in [-0.2, 0) is 4.79 Å². The van der Waals surface area contributed by atoms with Gasteiger partial charge in [-0.1, -0.05) is 0 Å². The fourth-order valence-corrected chi connectivity index (χ4v) is 0.792. The zero-order chi connectivity index (χ0) is 7.02. The van der Waals surface area contributed by atoms with Gasteiger partial charge in [-0.15, -0.1) is 0 Å². The van der Waals surface area contributed by atoms with E-state index >= 15 is 0 Å².